The molecule has 1 aromatic carbocycles. The van der Waals surface area contributed by atoms with Crippen LogP contribution in [0.4, 0.5) is 0 Å². The van der Waals surface area contributed by atoms with E-state index in [9.17, 15) is 4.79 Å². The van der Waals surface area contributed by atoms with Gasteiger partial charge in [-0.3, -0.25) is 4.79 Å². The highest BCUT2D eigenvalue weighted by molar-refractivity contribution is 5.74. The van der Waals surface area contributed by atoms with Crippen LogP contribution in [0.25, 0.3) is 0 Å². The molecule has 0 aromatic heterocycles. The van der Waals surface area contributed by atoms with Gasteiger partial charge in [0, 0.05) is 12.2 Å². The van der Waals surface area contributed by atoms with E-state index in [1.807, 2.05) is 6.92 Å². The molecule has 0 aliphatic carbocycles. The number of aldehydes is 1. The van der Waals surface area contributed by atoms with Crippen molar-refractivity contribution in [1.29, 1.82) is 0 Å². The summed E-state index contributed by atoms with van der Waals surface area (Å²) in [5.74, 6) is 1.02. The van der Waals surface area contributed by atoms with Crippen LogP contribution in [0.5, 0.6) is 5.75 Å². The topological polar surface area (TPSA) is 46.5 Å². The largest absolute Gasteiger partial charge is 0.494 e. The van der Waals surface area contributed by atoms with Crippen LogP contribution in [-0.4, -0.2) is 24.6 Å². The van der Waals surface area contributed by atoms with Crippen LogP contribution in [0, 0.1) is 5.92 Å². The van der Waals surface area contributed by atoms with Crippen LogP contribution in [0.1, 0.15) is 23.7 Å². The number of hydrogen-bond acceptors (Lipinski definition) is 3. The van der Waals surface area contributed by atoms with Crippen LogP contribution in [0.2, 0.25) is 0 Å². The molecule has 0 radical (unpaired) electrons. The lowest BCUT2D eigenvalue weighted by Gasteiger charge is -2.09. The number of hydrogen-bond donors (Lipinski definition) is 1. The molecule has 0 spiro atoms. The van der Waals surface area contributed by atoms with Crippen LogP contribution in [0.15, 0.2) is 24.3 Å². The van der Waals surface area contributed by atoms with E-state index in [4.69, 9.17) is 9.84 Å². The van der Waals surface area contributed by atoms with Gasteiger partial charge in [0.15, 0.2) is 0 Å². The Morgan fingerprint density at radius 3 is 2.60 bits per heavy atom. The maximum atomic E-state index is 10.4. The first-order chi connectivity index (χ1) is 7.26. The average Bonchev–Trinajstić information content (AvgIpc) is 2.29. The third kappa shape index (κ3) is 4.13. The Bertz CT molecular complexity index is 292. The summed E-state index contributed by atoms with van der Waals surface area (Å²) in [6.07, 6.45) is 1.63. The van der Waals surface area contributed by atoms with Gasteiger partial charge >= 0.3 is 0 Å². The fraction of sp³-hybridized carbons (Fsp3) is 0.417. The number of carbonyl (C=O) groups excluding carboxylic acids is 1. The van der Waals surface area contributed by atoms with E-state index in [2.05, 4.69) is 0 Å². The molecule has 3 nitrogen and oxygen atoms in total. The van der Waals surface area contributed by atoms with Crippen molar-refractivity contribution in [1.82, 2.24) is 0 Å². The molecule has 0 heterocycles. The molecule has 0 bridgehead atoms. The zero-order valence-corrected chi connectivity index (χ0v) is 8.85. The molecule has 3 heteroatoms. The minimum absolute atomic E-state index is 0.188. The number of rotatable bonds is 6. The van der Waals surface area contributed by atoms with Gasteiger partial charge in [0.2, 0.25) is 0 Å². The number of aliphatic hydroxyl groups is 1. The maximum Gasteiger partial charge on any atom is 0.150 e. The first-order valence-corrected chi connectivity index (χ1v) is 5.05. The molecular weight excluding hydrogens is 192 g/mol. The quantitative estimate of drug-likeness (QED) is 0.726. The predicted molar refractivity (Wildman–Crippen MR) is 58.2 cm³/mol. The van der Waals surface area contributed by atoms with Crippen LogP contribution in [0.3, 0.4) is 0 Å². The summed E-state index contributed by atoms with van der Waals surface area (Å²) in [6, 6.07) is 6.98. The van der Waals surface area contributed by atoms with Gasteiger partial charge in [-0.15, -0.1) is 0 Å². The van der Waals surface area contributed by atoms with Crippen LogP contribution in [-0.2, 0) is 0 Å². The second-order valence-corrected chi connectivity index (χ2v) is 3.61. The molecule has 0 aliphatic heterocycles. The summed E-state index contributed by atoms with van der Waals surface area (Å²) in [7, 11) is 0. The summed E-state index contributed by atoms with van der Waals surface area (Å²) in [5.41, 5.74) is 0.645. The zero-order valence-electron chi connectivity index (χ0n) is 8.85. The van der Waals surface area contributed by atoms with Gasteiger partial charge in [0.05, 0.1) is 6.61 Å². The lowest BCUT2D eigenvalue weighted by atomic mass is 10.1. The van der Waals surface area contributed by atoms with E-state index in [0.717, 1.165) is 18.5 Å². The van der Waals surface area contributed by atoms with E-state index in [1.54, 1.807) is 24.3 Å². The zero-order chi connectivity index (χ0) is 11.1. The van der Waals surface area contributed by atoms with E-state index < -0.39 is 0 Å². The Balaban J connectivity index is 2.34. The summed E-state index contributed by atoms with van der Waals surface area (Å²) in [6.45, 7) is 2.74. The molecule has 1 N–H and O–H groups in total. The van der Waals surface area contributed by atoms with E-state index in [-0.39, 0.29) is 12.5 Å². The molecule has 0 aliphatic rings. The molecule has 15 heavy (non-hydrogen) atoms. The van der Waals surface area contributed by atoms with Crippen molar-refractivity contribution in [3.8, 4) is 5.75 Å². The minimum Gasteiger partial charge on any atom is -0.494 e. The van der Waals surface area contributed by atoms with E-state index >= 15 is 0 Å². The normalized spacial score (nSPS) is 12.1. The fourth-order valence-electron chi connectivity index (χ4n) is 1.11. The first kappa shape index (κ1) is 11.7. The highest BCUT2D eigenvalue weighted by Crippen LogP contribution is 2.12. The molecule has 1 atom stereocenters. The van der Waals surface area contributed by atoms with Gasteiger partial charge in [-0.2, -0.15) is 0 Å². The van der Waals surface area contributed by atoms with Crippen molar-refractivity contribution in [2.45, 2.75) is 13.3 Å². The van der Waals surface area contributed by atoms with Gasteiger partial charge < -0.3 is 9.84 Å². The summed E-state index contributed by atoms with van der Waals surface area (Å²) in [5, 5.41) is 8.81. The lowest BCUT2D eigenvalue weighted by Crippen LogP contribution is -2.07. The van der Waals surface area contributed by atoms with Gasteiger partial charge in [-0.25, -0.2) is 0 Å². The molecule has 0 unspecified atom stereocenters. The maximum absolute atomic E-state index is 10.4. The number of benzene rings is 1. The van der Waals surface area contributed by atoms with Crippen molar-refractivity contribution in [3.05, 3.63) is 29.8 Å². The number of ether oxygens (including phenoxy) is 1. The molecule has 0 saturated carbocycles. The van der Waals surface area contributed by atoms with Gasteiger partial charge in [0.25, 0.3) is 0 Å². The highest BCUT2D eigenvalue weighted by atomic mass is 16.5. The third-order valence-electron chi connectivity index (χ3n) is 2.21. The second-order valence-electron chi connectivity index (χ2n) is 3.61. The fourth-order valence-corrected chi connectivity index (χ4v) is 1.11. The van der Waals surface area contributed by atoms with Crippen LogP contribution >= 0.6 is 0 Å². The molecule has 82 valence electrons. The first-order valence-electron chi connectivity index (χ1n) is 5.05. The molecule has 0 saturated heterocycles. The average molecular weight is 208 g/mol. The summed E-state index contributed by atoms with van der Waals surface area (Å²) >= 11 is 0. The van der Waals surface area contributed by atoms with Gasteiger partial charge in [-0.1, -0.05) is 6.92 Å². The Kier molecular flexibility index (Phi) is 4.84. The van der Waals surface area contributed by atoms with Crippen molar-refractivity contribution >= 4 is 6.29 Å². The Morgan fingerprint density at radius 1 is 1.40 bits per heavy atom. The molecular formula is C12H16O3. The van der Waals surface area contributed by atoms with Crippen molar-refractivity contribution in [3.63, 3.8) is 0 Å². The van der Waals surface area contributed by atoms with Crippen molar-refractivity contribution in [2.75, 3.05) is 13.2 Å². The predicted octanol–water partition coefficient (Wildman–Crippen LogP) is 1.90. The second kappa shape index (κ2) is 6.19. The smallest absolute Gasteiger partial charge is 0.150 e. The summed E-state index contributed by atoms with van der Waals surface area (Å²) in [4.78, 5) is 10.4. The lowest BCUT2D eigenvalue weighted by molar-refractivity contribution is 0.112. The third-order valence-corrected chi connectivity index (χ3v) is 2.21. The number of carbonyl (C=O) groups is 1. The molecule has 1 rings (SSSR count). The Hall–Kier alpha value is -1.35. The molecule has 0 amide bonds. The van der Waals surface area contributed by atoms with Gasteiger partial charge in [-0.05, 0) is 36.6 Å². The Labute approximate surface area is 89.7 Å². The van der Waals surface area contributed by atoms with E-state index in [0.29, 0.717) is 12.2 Å². The Morgan fingerprint density at radius 2 is 2.07 bits per heavy atom. The molecule has 0 fully saturated rings. The van der Waals surface area contributed by atoms with Crippen molar-refractivity contribution in [2.24, 2.45) is 5.92 Å². The highest BCUT2D eigenvalue weighted by Gasteiger charge is 2.00. The van der Waals surface area contributed by atoms with Gasteiger partial charge in [0.1, 0.15) is 12.0 Å². The van der Waals surface area contributed by atoms with Crippen LogP contribution < -0.4 is 4.74 Å². The standard InChI is InChI=1S/C12H16O3/c1-10(8-13)6-7-15-12-4-2-11(9-14)3-5-12/h2-5,9-10,13H,6-8H2,1H3/t10-/m1/s1. The SMILES string of the molecule is C[C@@H](CO)CCOc1ccc(C=O)cc1. The molecule has 1 aromatic rings. The van der Waals surface area contributed by atoms with Crippen molar-refractivity contribution < 1.29 is 14.6 Å². The number of aliphatic hydroxyl groups excluding tert-OH is 1. The monoisotopic (exact) mass is 208 g/mol. The van der Waals surface area contributed by atoms with E-state index in [1.165, 1.54) is 0 Å². The minimum atomic E-state index is 0.188. The summed E-state index contributed by atoms with van der Waals surface area (Å²) < 4.78 is 5.45.